The van der Waals surface area contributed by atoms with E-state index in [0.29, 0.717) is 0 Å². The van der Waals surface area contributed by atoms with Crippen LogP contribution in [0.4, 0.5) is 45.5 Å². The third-order valence-corrected chi connectivity index (χ3v) is 19.5. The summed E-state index contributed by atoms with van der Waals surface area (Å²) in [7, 11) is 0. The Morgan fingerprint density at radius 2 is 0.976 bits per heavy atom. The van der Waals surface area contributed by atoms with Crippen LogP contribution in [0.5, 0.6) is 0 Å². The summed E-state index contributed by atoms with van der Waals surface area (Å²) in [5.74, 6) is 0. The summed E-state index contributed by atoms with van der Waals surface area (Å²) >= 11 is 0. The highest BCUT2D eigenvalue weighted by molar-refractivity contribution is 6.11. The van der Waals surface area contributed by atoms with Gasteiger partial charge in [0.05, 0.1) is 22.7 Å². The largest absolute Gasteiger partial charge is 0.455 e. The van der Waals surface area contributed by atoms with Crippen LogP contribution < -0.4 is 19.6 Å². The molecule has 404 valence electrons. The molecule has 0 aliphatic carbocycles. The molecule has 5 heterocycles. The molecule has 2 aromatic heterocycles. The lowest BCUT2D eigenvalue weighted by Crippen LogP contribution is -2.63. The van der Waals surface area contributed by atoms with Gasteiger partial charge >= 0.3 is 0 Å². The number of hydrogen-bond donors (Lipinski definition) is 0. The van der Waals surface area contributed by atoms with Crippen molar-refractivity contribution >= 4 is 89.4 Å². The van der Waals surface area contributed by atoms with Crippen molar-refractivity contribution in [1.82, 2.24) is 0 Å². The molecule has 0 radical (unpaired) electrons. The lowest BCUT2D eigenvalue weighted by Gasteiger charge is -2.60. The van der Waals surface area contributed by atoms with E-state index >= 15 is 0 Å². The minimum absolute atomic E-state index is 0.0216. The Kier molecular flexibility index (Phi) is 11.5. The summed E-state index contributed by atoms with van der Waals surface area (Å²) in [4.78, 5) is 10.6. The van der Waals surface area contributed by atoms with Gasteiger partial charge in [0.2, 0.25) is 0 Å². The van der Waals surface area contributed by atoms with Crippen molar-refractivity contribution in [3.05, 3.63) is 240 Å². The predicted octanol–water partition coefficient (Wildman–Crippen LogP) is 21.0. The van der Waals surface area contributed by atoms with Crippen molar-refractivity contribution in [3.63, 3.8) is 0 Å². The summed E-state index contributed by atoms with van der Waals surface area (Å²) in [6, 6.07) is 76.6. The first kappa shape index (κ1) is 50.0. The van der Waals surface area contributed by atoms with Gasteiger partial charge in [-0.3, -0.25) is 0 Å². The van der Waals surface area contributed by atoms with Crippen LogP contribution >= 0.6 is 0 Å². The zero-order valence-corrected chi connectivity index (χ0v) is 48.2. The average Bonchev–Trinajstić information content (AvgIpc) is 1.56. The van der Waals surface area contributed by atoms with E-state index in [0.717, 1.165) is 91.8 Å². The lowest BCUT2D eigenvalue weighted by atomic mass is 9.52. The third kappa shape index (κ3) is 7.25. The minimum atomic E-state index is -0.249. The summed E-state index contributed by atoms with van der Waals surface area (Å²) in [6.45, 7) is 19.0. The molecular formula is C76H68N4O2. The van der Waals surface area contributed by atoms with Crippen LogP contribution in [0.15, 0.2) is 215 Å². The number of anilines is 8. The van der Waals surface area contributed by atoms with Gasteiger partial charge in [0.15, 0.2) is 0 Å². The van der Waals surface area contributed by atoms with Gasteiger partial charge in [0.1, 0.15) is 34.7 Å². The van der Waals surface area contributed by atoms with Gasteiger partial charge in [-0.15, -0.1) is 0 Å². The predicted molar refractivity (Wildman–Crippen MR) is 344 cm³/mol. The molecule has 12 aromatic rings. The van der Waals surface area contributed by atoms with E-state index in [1.165, 1.54) is 78.9 Å². The van der Waals surface area contributed by atoms with Crippen molar-refractivity contribution < 1.29 is 8.83 Å². The van der Waals surface area contributed by atoms with Gasteiger partial charge in [0, 0.05) is 66.3 Å². The van der Waals surface area contributed by atoms with E-state index in [-0.39, 0.29) is 23.2 Å². The maximum Gasteiger partial charge on any atom is 0.143 e. The maximum atomic E-state index is 6.71. The molecule has 4 unspecified atom stereocenters. The minimum Gasteiger partial charge on any atom is -0.455 e. The number of hydrogen-bond acceptors (Lipinski definition) is 6. The smallest absolute Gasteiger partial charge is 0.143 e. The van der Waals surface area contributed by atoms with Crippen LogP contribution in [0.25, 0.3) is 66.1 Å². The van der Waals surface area contributed by atoms with Crippen molar-refractivity contribution in [2.45, 2.75) is 98.8 Å². The molecule has 6 nitrogen and oxygen atoms in total. The number of benzene rings is 10. The monoisotopic (exact) mass is 1070 g/mol. The van der Waals surface area contributed by atoms with Crippen molar-refractivity contribution in [1.29, 1.82) is 0 Å². The van der Waals surface area contributed by atoms with Gasteiger partial charge < -0.3 is 28.4 Å². The van der Waals surface area contributed by atoms with Crippen LogP contribution in [0, 0.1) is 33.1 Å². The second-order valence-electron chi connectivity index (χ2n) is 23.9. The fourth-order valence-corrected chi connectivity index (χ4v) is 15.7. The normalized spacial score (nSPS) is 19.2. The van der Waals surface area contributed by atoms with E-state index < -0.39 is 0 Å². The molecule has 6 heteroatoms. The Bertz CT molecular complexity index is 4510. The molecule has 0 amide bonds. The first-order valence-corrected chi connectivity index (χ1v) is 29.6. The van der Waals surface area contributed by atoms with Crippen LogP contribution in [0.1, 0.15) is 80.3 Å². The van der Waals surface area contributed by atoms with Gasteiger partial charge in [-0.2, -0.15) is 0 Å². The number of para-hydroxylation sites is 6. The summed E-state index contributed by atoms with van der Waals surface area (Å²) in [5.41, 5.74) is 25.5. The van der Waals surface area contributed by atoms with Crippen molar-refractivity contribution in [2.75, 3.05) is 19.6 Å². The topological polar surface area (TPSA) is 39.2 Å². The molecule has 82 heavy (non-hydrogen) atoms. The third-order valence-electron chi connectivity index (χ3n) is 19.5. The van der Waals surface area contributed by atoms with E-state index in [2.05, 4.69) is 281 Å². The second kappa shape index (κ2) is 18.8. The summed E-state index contributed by atoms with van der Waals surface area (Å²) in [6.07, 6.45) is 3.80. The van der Waals surface area contributed by atoms with Gasteiger partial charge in [-0.25, -0.2) is 0 Å². The molecular weight excluding hydrogens is 1000 g/mol. The number of rotatable bonds is 10. The molecule has 0 saturated heterocycles. The molecule has 3 aliphatic heterocycles. The molecule has 3 aliphatic rings. The van der Waals surface area contributed by atoms with E-state index in [4.69, 9.17) is 8.83 Å². The Morgan fingerprint density at radius 3 is 1.60 bits per heavy atom. The fraction of sp³-hybridized carbons (Fsp3) is 0.211. The SMILES string of the molecule is CCC1(CCc2c(C)cc(C)cc2N2c3ccc(-c4cccc5c4oc4ccccc45)cc3N(c3ccccc3)C2C)c2ccccc2N2c3cc(-c4cccc5c4oc4ccccc45)ccc3N(c3cc(C)cc(C)c3)C2C1(C)CC. The fourth-order valence-electron chi connectivity index (χ4n) is 15.7. The molecule has 4 atom stereocenters. The molecule has 0 fully saturated rings. The van der Waals surface area contributed by atoms with E-state index in [9.17, 15) is 0 Å². The Balaban J connectivity index is 0.871. The number of nitrogens with zero attached hydrogens (tertiary/aromatic N) is 4. The quantitative estimate of drug-likeness (QED) is 0.136. The Labute approximate surface area is 481 Å². The van der Waals surface area contributed by atoms with Crippen LogP contribution in [-0.4, -0.2) is 12.3 Å². The van der Waals surface area contributed by atoms with Gasteiger partial charge in [0.25, 0.3) is 0 Å². The Morgan fingerprint density at radius 1 is 0.427 bits per heavy atom. The highest BCUT2D eigenvalue weighted by Gasteiger charge is 2.62. The summed E-state index contributed by atoms with van der Waals surface area (Å²) in [5, 5.41) is 4.56. The highest BCUT2D eigenvalue weighted by Crippen LogP contribution is 2.66. The molecule has 0 bridgehead atoms. The molecule has 0 N–H and O–H groups in total. The van der Waals surface area contributed by atoms with Gasteiger partial charge in [-0.05, 0) is 178 Å². The summed E-state index contributed by atoms with van der Waals surface area (Å²) < 4.78 is 13.4. The van der Waals surface area contributed by atoms with Crippen molar-refractivity contribution in [2.24, 2.45) is 5.41 Å². The zero-order valence-electron chi connectivity index (χ0n) is 48.2. The highest BCUT2D eigenvalue weighted by atomic mass is 16.3. The standard InChI is InChI=1S/C76H68N4O2/c1-9-75(8)74-79(55-42-47(3)40-48(4)43-55)66-37-35-53(58-27-21-29-62-60-25-15-19-33-71(60)82-73(58)62)46-69(66)80(74)64-31-17-16-30-63(64)76(75,10-2)39-38-56-50(6)41-49(5)44-67(56)78-51(7)77(54-22-12-11-13-23-54)68-45-52(34-36-65(68)78)57-26-20-28-61-59-24-14-18-32-70(59)81-72(57)61/h11-37,40-46,51,74H,9-10,38-39H2,1-8H3. The number of aryl methyl sites for hydroxylation is 4. The first-order valence-electron chi connectivity index (χ1n) is 29.6. The number of fused-ring (bicyclic) bond motifs is 12. The average molecular weight is 1070 g/mol. The van der Waals surface area contributed by atoms with Crippen LogP contribution in [0.3, 0.4) is 0 Å². The molecule has 15 rings (SSSR count). The maximum absolute atomic E-state index is 6.71. The van der Waals surface area contributed by atoms with E-state index in [1.807, 2.05) is 0 Å². The zero-order chi connectivity index (χ0) is 55.8. The lowest BCUT2D eigenvalue weighted by molar-refractivity contribution is 0.0734. The first-order chi connectivity index (χ1) is 40.0. The van der Waals surface area contributed by atoms with E-state index in [1.54, 1.807) is 0 Å². The van der Waals surface area contributed by atoms with Crippen molar-refractivity contribution in [3.8, 4) is 22.3 Å². The number of furan rings is 2. The van der Waals surface area contributed by atoms with Gasteiger partial charge in [-0.1, -0.05) is 154 Å². The molecule has 10 aromatic carbocycles. The van der Waals surface area contributed by atoms with Crippen LogP contribution in [0.2, 0.25) is 0 Å². The second-order valence-corrected chi connectivity index (χ2v) is 23.9. The van der Waals surface area contributed by atoms with Crippen LogP contribution in [-0.2, 0) is 11.8 Å². The Hall–Kier alpha value is -9.00. The molecule has 0 saturated carbocycles. The molecule has 0 spiro atoms.